The summed E-state index contributed by atoms with van der Waals surface area (Å²) in [6.07, 6.45) is 1.64. The molecule has 1 aliphatic rings. The summed E-state index contributed by atoms with van der Waals surface area (Å²) in [5.74, 6) is 0.509. The van der Waals surface area contributed by atoms with Crippen LogP contribution in [0.4, 0.5) is 9.18 Å². The van der Waals surface area contributed by atoms with Gasteiger partial charge in [0.05, 0.1) is 24.1 Å². The predicted molar refractivity (Wildman–Crippen MR) is 116 cm³/mol. The van der Waals surface area contributed by atoms with Crippen LogP contribution in [0.5, 0.6) is 0 Å². The minimum Gasteiger partial charge on any atom is -0.464 e. The lowest BCUT2D eigenvalue weighted by molar-refractivity contribution is -0.139. The van der Waals surface area contributed by atoms with E-state index < -0.39 is 18.0 Å². The van der Waals surface area contributed by atoms with Gasteiger partial charge in [-0.05, 0) is 55.8 Å². The number of hydrogen-bond acceptors (Lipinski definition) is 6. The first kappa shape index (κ1) is 21.7. The van der Waals surface area contributed by atoms with Crippen LogP contribution in [-0.4, -0.2) is 34.3 Å². The minimum absolute atomic E-state index is 0.194. The molecule has 10 heteroatoms. The van der Waals surface area contributed by atoms with Crippen molar-refractivity contribution in [2.45, 2.75) is 25.0 Å². The van der Waals surface area contributed by atoms with Gasteiger partial charge in [-0.15, -0.1) is 0 Å². The molecule has 4 rings (SSSR count). The smallest absolute Gasteiger partial charge is 0.338 e. The highest BCUT2D eigenvalue weighted by Gasteiger charge is 2.35. The zero-order valence-electron chi connectivity index (χ0n) is 17.4. The molecule has 0 saturated heterocycles. The molecule has 0 fully saturated rings. The second-order valence-corrected chi connectivity index (χ2v) is 7.95. The molecule has 2 aromatic heterocycles. The van der Waals surface area contributed by atoms with Crippen LogP contribution in [0.25, 0.3) is 11.3 Å². The molecule has 2 amide bonds. The second-order valence-electron chi connectivity index (χ2n) is 6.99. The summed E-state index contributed by atoms with van der Waals surface area (Å²) in [6, 6.07) is 8.33. The monoisotopic (exact) mass is 456 g/mol. The fourth-order valence-corrected chi connectivity index (χ4v) is 4.11. The second kappa shape index (κ2) is 9.31. The van der Waals surface area contributed by atoms with Crippen molar-refractivity contribution in [1.82, 2.24) is 20.6 Å². The number of nitrogens with one attached hydrogen (secondary N) is 3. The lowest BCUT2D eigenvalue weighted by atomic mass is 10.0. The van der Waals surface area contributed by atoms with Crippen LogP contribution in [0.1, 0.15) is 24.5 Å². The maximum atomic E-state index is 13.2. The molecule has 0 bridgehead atoms. The van der Waals surface area contributed by atoms with Crippen LogP contribution >= 0.6 is 11.8 Å². The van der Waals surface area contributed by atoms with E-state index in [1.807, 2.05) is 0 Å². The summed E-state index contributed by atoms with van der Waals surface area (Å²) < 4.78 is 24.1. The molecule has 3 N–H and O–H groups in total. The Morgan fingerprint density at radius 3 is 2.72 bits per heavy atom. The number of hydrogen-bond donors (Lipinski definition) is 3. The molecule has 0 aliphatic carbocycles. The number of esters is 1. The van der Waals surface area contributed by atoms with E-state index in [1.165, 1.54) is 23.9 Å². The normalized spacial score (nSPS) is 16.0. The van der Waals surface area contributed by atoms with Gasteiger partial charge < -0.3 is 24.8 Å². The van der Waals surface area contributed by atoms with E-state index in [-0.39, 0.29) is 23.8 Å². The van der Waals surface area contributed by atoms with E-state index >= 15 is 0 Å². The van der Waals surface area contributed by atoms with E-state index in [2.05, 4.69) is 20.6 Å². The Balaban J connectivity index is 1.59. The Labute approximate surface area is 187 Å². The molecule has 1 aliphatic heterocycles. The molecule has 1 unspecified atom stereocenters. The van der Waals surface area contributed by atoms with Crippen molar-refractivity contribution in [2.24, 2.45) is 0 Å². The number of H-pyrrole nitrogens is 1. The highest BCUT2D eigenvalue weighted by molar-refractivity contribution is 7.99. The number of aromatic amines is 1. The molecule has 1 atom stereocenters. The first-order valence-corrected chi connectivity index (χ1v) is 10.9. The van der Waals surface area contributed by atoms with Crippen LogP contribution in [0.15, 0.2) is 63.4 Å². The number of carbonyl (C=O) groups excluding carboxylic acids is 2. The van der Waals surface area contributed by atoms with Gasteiger partial charge in [-0.2, -0.15) is 0 Å². The van der Waals surface area contributed by atoms with Gasteiger partial charge >= 0.3 is 12.0 Å². The number of nitrogens with zero attached hydrogens (tertiary/aromatic N) is 1. The Hall–Kier alpha value is -3.53. The lowest BCUT2D eigenvalue weighted by Crippen LogP contribution is -2.46. The molecular weight excluding hydrogens is 435 g/mol. The summed E-state index contributed by atoms with van der Waals surface area (Å²) >= 11 is 1.31. The van der Waals surface area contributed by atoms with Crippen molar-refractivity contribution < 1.29 is 23.1 Å². The SMILES string of the molecule is CCOC(=O)C1=C(CSc2ncc(-c3ccc(F)cc3)[nH]2)NC(=O)NC1c1ccc(C)o1. The van der Waals surface area contributed by atoms with Crippen molar-refractivity contribution in [3.05, 3.63) is 71.2 Å². The number of imidazole rings is 1. The van der Waals surface area contributed by atoms with Crippen LogP contribution < -0.4 is 10.6 Å². The van der Waals surface area contributed by atoms with Gasteiger partial charge in [0.15, 0.2) is 5.16 Å². The fraction of sp³-hybridized carbons (Fsp3) is 0.227. The molecule has 0 radical (unpaired) electrons. The molecule has 0 saturated carbocycles. The predicted octanol–water partition coefficient (Wildman–Crippen LogP) is 4.08. The molecule has 166 valence electrons. The van der Waals surface area contributed by atoms with Gasteiger partial charge in [0.25, 0.3) is 0 Å². The van der Waals surface area contributed by atoms with Crippen LogP contribution in [0.2, 0.25) is 0 Å². The summed E-state index contributed by atoms with van der Waals surface area (Å²) in [5, 5.41) is 6.02. The average molecular weight is 456 g/mol. The Morgan fingerprint density at radius 2 is 2.03 bits per heavy atom. The Kier molecular flexibility index (Phi) is 6.31. The van der Waals surface area contributed by atoms with E-state index in [0.717, 1.165) is 11.3 Å². The summed E-state index contributed by atoms with van der Waals surface area (Å²) in [5.41, 5.74) is 2.21. The highest BCUT2D eigenvalue weighted by Crippen LogP contribution is 2.31. The number of aromatic nitrogens is 2. The summed E-state index contributed by atoms with van der Waals surface area (Å²) in [7, 11) is 0. The number of amides is 2. The van der Waals surface area contributed by atoms with Crippen LogP contribution in [-0.2, 0) is 9.53 Å². The third-order valence-electron chi connectivity index (χ3n) is 4.76. The highest BCUT2D eigenvalue weighted by atomic mass is 32.2. The number of ether oxygens (including phenoxy) is 1. The van der Waals surface area contributed by atoms with Crippen molar-refractivity contribution >= 4 is 23.8 Å². The molecule has 32 heavy (non-hydrogen) atoms. The first-order valence-electron chi connectivity index (χ1n) is 9.92. The lowest BCUT2D eigenvalue weighted by Gasteiger charge is -2.27. The third kappa shape index (κ3) is 4.70. The molecule has 3 heterocycles. The van der Waals surface area contributed by atoms with E-state index in [1.54, 1.807) is 44.3 Å². The number of rotatable bonds is 7. The number of thioether (sulfide) groups is 1. The molecule has 8 nitrogen and oxygen atoms in total. The zero-order chi connectivity index (χ0) is 22.7. The van der Waals surface area contributed by atoms with E-state index in [9.17, 15) is 14.0 Å². The van der Waals surface area contributed by atoms with Crippen molar-refractivity contribution in [3.8, 4) is 11.3 Å². The van der Waals surface area contributed by atoms with Gasteiger partial charge in [-0.25, -0.2) is 19.0 Å². The van der Waals surface area contributed by atoms with Crippen molar-refractivity contribution in [2.75, 3.05) is 12.4 Å². The minimum atomic E-state index is -0.765. The number of benzene rings is 1. The molecule has 1 aromatic carbocycles. The third-order valence-corrected chi connectivity index (χ3v) is 5.67. The maximum absolute atomic E-state index is 13.2. The number of aryl methyl sites for hydroxylation is 1. The number of halogens is 1. The van der Waals surface area contributed by atoms with Crippen molar-refractivity contribution in [1.29, 1.82) is 0 Å². The number of urea groups is 1. The zero-order valence-corrected chi connectivity index (χ0v) is 18.2. The quantitative estimate of drug-likeness (QED) is 0.365. The van der Waals surface area contributed by atoms with Gasteiger partial charge in [0, 0.05) is 11.4 Å². The standard InChI is InChI=1S/C22H21FN4O4S/c1-3-30-20(28)18-16(25-21(29)27-19(18)17-9-4-12(2)31-17)11-32-22-24-10-15(26-22)13-5-7-14(23)8-6-13/h4-10,19H,3,11H2,1-2H3,(H,24,26)(H2,25,27,29). The number of carbonyl (C=O) groups is 2. The van der Waals surface area contributed by atoms with E-state index in [4.69, 9.17) is 9.15 Å². The van der Waals surface area contributed by atoms with Crippen LogP contribution in [0, 0.1) is 12.7 Å². The topological polar surface area (TPSA) is 109 Å². The maximum Gasteiger partial charge on any atom is 0.338 e. The average Bonchev–Trinajstić information content (AvgIpc) is 3.41. The molecule has 0 spiro atoms. The van der Waals surface area contributed by atoms with Crippen LogP contribution in [0.3, 0.4) is 0 Å². The summed E-state index contributed by atoms with van der Waals surface area (Å²) in [6.45, 7) is 3.69. The first-order chi connectivity index (χ1) is 15.4. The van der Waals surface area contributed by atoms with E-state index in [0.29, 0.717) is 22.4 Å². The summed E-state index contributed by atoms with van der Waals surface area (Å²) in [4.78, 5) is 32.6. The van der Waals surface area contributed by atoms with Crippen molar-refractivity contribution in [3.63, 3.8) is 0 Å². The molecule has 3 aromatic rings. The van der Waals surface area contributed by atoms with Gasteiger partial charge in [-0.1, -0.05) is 11.8 Å². The Morgan fingerprint density at radius 1 is 1.25 bits per heavy atom. The fourth-order valence-electron chi connectivity index (χ4n) is 3.30. The number of furan rings is 1. The largest absolute Gasteiger partial charge is 0.464 e. The Bertz CT molecular complexity index is 1170. The molecular formula is C22H21FN4O4S. The van der Waals surface area contributed by atoms with Gasteiger partial charge in [0.1, 0.15) is 23.4 Å². The van der Waals surface area contributed by atoms with Gasteiger partial charge in [0.2, 0.25) is 0 Å². The van der Waals surface area contributed by atoms with Gasteiger partial charge in [-0.3, -0.25) is 0 Å².